The summed E-state index contributed by atoms with van der Waals surface area (Å²) in [7, 11) is 1.19. The summed E-state index contributed by atoms with van der Waals surface area (Å²) in [5, 5.41) is 0. The van der Waals surface area contributed by atoms with Crippen molar-refractivity contribution < 1.29 is 13.9 Å². The average molecular weight is 329 g/mol. The summed E-state index contributed by atoms with van der Waals surface area (Å²) in [6, 6.07) is 11.1. The molecule has 2 aromatic carbocycles. The molecule has 0 amide bonds. The van der Waals surface area contributed by atoms with Crippen molar-refractivity contribution >= 4 is 23.6 Å². The number of nitrogens with zero attached hydrogens (tertiary/aromatic N) is 2. The van der Waals surface area contributed by atoms with Gasteiger partial charge >= 0.3 is 5.97 Å². The number of nitrogens with two attached hydrogens (primary N) is 3. The SMILES string of the molecule is COC(=O)c1ccc(-c2cccc(N=C(N)N=C(N)N)c2)cc1F. The number of carbonyl (C=O) groups excluding carboxylic acids is 1. The molecule has 0 aliphatic rings. The molecular formula is C16H16FN5O2. The van der Waals surface area contributed by atoms with Gasteiger partial charge in [-0.25, -0.2) is 14.2 Å². The van der Waals surface area contributed by atoms with E-state index in [9.17, 15) is 9.18 Å². The van der Waals surface area contributed by atoms with Crippen molar-refractivity contribution in [3.63, 3.8) is 0 Å². The number of rotatable bonds is 3. The van der Waals surface area contributed by atoms with Gasteiger partial charge in [-0.1, -0.05) is 18.2 Å². The monoisotopic (exact) mass is 329 g/mol. The smallest absolute Gasteiger partial charge is 0.340 e. The first kappa shape index (κ1) is 16.9. The minimum absolute atomic E-state index is 0.0978. The van der Waals surface area contributed by atoms with Gasteiger partial charge < -0.3 is 21.9 Å². The summed E-state index contributed by atoms with van der Waals surface area (Å²) in [5.41, 5.74) is 17.6. The summed E-state index contributed by atoms with van der Waals surface area (Å²) < 4.78 is 18.5. The van der Waals surface area contributed by atoms with E-state index in [1.54, 1.807) is 30.3 Å². The van der Waals surface area contributed by atoms with Crippen LogP contribution in [-0.2, 0) is 4.74 Å². The number of aliphatic imine (C=N–C) groups is 2. The fourth-order valence-corrected chi connectivity index (χ4v) is 2.01. The third-order valence-corrected chi connectivity index (χ3v) is 3.04. The van der Waals surface area contributed by atoms with Crippen LogP contribution in [0, 0.1) is 5.82 Å². The Morgan fingerprint density at radius 1 is 1.08 bits per heavy atom. The predicted molar refractivity (Wildman–Crippen MR) is 90.3 cm³/mol. The third-order valence-electron chi connectivity index (χ3n) is 3.04. The maximum absolute atomic E-state index is 14.0. The number of carbonyl (C=O) groups is 1. The van der Waals surface area contributed by atoms with Gasteiger partial charge in [0.1, 0.15) is 5.82 Å². The predicted octanol–water partition coefficient (Wildman–Crippen LogP) is 1.50. The number of halogens is 1. The molecule has 0 spiro atoms. The van der Waals surface area contributed by atoms with Crippen LogP contribution >= 0.6 is 0 Å². The second kappa shape index (κ2) is 7.23. The van der Waals surface area contributed by atoms with Gasteiger partial charge in [-0.15, -0.1) is 0 Å². The molecule has 124 valence electrons. The van der Waals surface area contributed by atoms with Gasteiger partial charge in [-0.2, -0.15) is 4.99 Å². The van der Waals surface area contributed by atoms with Crippen LogP contribution in [-0.4, -0.2) is 25.0 Å². The van der Waals surface area contributed by atoms with Crippen molar-refractivity contribution in [1.82, 2.24) is 0 Å². The first-order valence-electron chi connectivity index (χ1n) is 6.83. The Balaban J connectivity index is 2.37. The van der Waals surface area contributed by atoms with E-state index in [0.29, 0.717) is 16.8 Å². The molecule has 6 N–H and O–H groups in total. The van der Waals surface area contributed by atoms with Gasteiger partial charge in [0.05, 0.1) is 18.4 Å². The highest BCUT2D eigenvalue weighted by molar-refractivity contribution is 5.94. The van der Waals surface area contributed by atoms with E-state index < -0.39 is 11.8 Å². The first-order chi connectivity index (χ1) is 11.4. The molecule has 0 unspecified atom stereocenters. The lowest BCUT2D eigenvalue weighted by Crippen LogP contribution is -2.26. The van der Waals surface area contributed by atoms with Crippen LogP contribution in [0.1, 0.15) is 10.4 Å². The zero-order valence-electron chi connectivity index (χ0n) is 12.9. The lowest BCUT2D eigenvalue weighted by atomic mass is 10.0. The van der Waals surface area contributed by atoms with Crippen molar-refractivity contribution in [1.29, 1.82) is 0 Å². The number of hydrogen-bond acceptors (Lipinski definition) is 3. The number of guanidine groups is 2. The van der Waals surface area contributed by atoms with E-state index >= 15 is 0 Å². The van der Waals surface area contributed by atoms with Crippen molar-refractivity contribution in [2.75, 3.05) is 7.11 Å². The topological polar surface area (TPSA) is 129 Å². The molecule has 0 heterocycles. The summed E-state index contributed by atoms with van der Waals surface area (Å²) in [6.45, 7) is 0. The molecule has 0 atom stereocenters. The van der Waals surface area contributed by atoms with Gasteiger partial charge in [-0.3, -0.25) is 0 Å². The molecule has 0 aliphatic heterocycles. The van der Waals surface area contributed by atoms with Crippen LogP contribution in [0.4, 0.5) is 10.1 Å². The Bertz CT molecular complexity index is 829. The highest BCUT2D eigenvalue weighted by atomic mass is 19.1. The fourth-order valence-electron chi connectivity index (χ4n) is 2.01. The molecule has 0 saturated carbocycles. The molecule has 0 saturated heterocycles. The quantitative estimate of drug-likeness (QED) is 0.446. The molecule has 2 aromatic rings. The largest absolute Gasteiger partial charge is 0.465 e. The highest BCUT2D eigenvalue weighted by Gasteiger charge is 2.13. The van der Waals surface area contributed by atoms with Crippen molar-refractivity contribution in [3.05, 3.63) is 53.8 Å². The first-order valence-corrected chi connectivity index (χ1v) is 6.83. The summed E-state index contributed by atoms with van der Waals surface area (Å²) in [4.78, 5) is 19.1. The Morgan fingerprint density at radius 2 is 1.79 bits per heavy atom. The summed E-state index contributed by atoms with van der Waals surface area (Å²) in [5.74, 6) is -1.71. The van der Waals surface area contributed by atoms with Gasteiger partial charge in [0.2, 0.25) is 5.96 Å². The van der Waals surface area contributed by atoms with Gasteiger partial charge in [-0.05, 0) is 35.4 Å². The normalized spacial score (nSPS) is 11.0. The summed E-state index contributed by atoms with van der Waals surface area (Å²) >= 11 is 0. The van der Waals surface area contributed by atoms with E-state index in [-0.39, 0.29) is 17.5 Å². The average Bonchev–Trinajstić information content (AvgIpc) is 2.53. The van der Waals surface area contributed by atoms with E-state index in [2.05, 4.69) is 14.7 Å². The lowest BCUT2D eigenvalue weighted by Gasteiger charge is -2.06. The van der Waals surface area contributed by atoms with Crippen LogP contribution in [0.5, 0.6) is 0 Å². The van der Waals surface area contributed by atoms with Gasteiger partial charge in [0, 0.05) is 0 Å². The molecule has 0 aromatic heterocycles. The van der Waals surface area contributed by atoms with Gasteiger partial charge in [0.15, 0.2) is 5.96 Å². The highest BCUT2D eigenvalue weighted by Crippen LogP contribution is 2.26. The van der Waals surface area contributed by atoms with Crippen LogP contribution in [0.3, 0.4) is 0 Å². The molecule has 2 rings (SSSR count). The minimum atomic E-state index is -0.734. The van der Waals surface area contributed by atoms with Crippen LogP contribution in [0.15, 0.2) is 52.4 Å². The van der Waals surface area contributed by atoms with Crippen LogP contribution in [0.2, 0.25) is 0 Å². The summed E-state index contributed by atoms with van der Waals surface area (Å²) in [6.07, 6.45) is 0. The molecule has 0 bridgehead atoms. The zero-order chi connectivity index (χ0) is 17.7. The zero-order valence-corrected chi connectivity index (χ0v) is 12.9. The van der Waals surface area contributed by atoms with Crippen molar-refractivity contribution in [3.8, 4) is 11.1 Å². The van der Waals surface area contributed by atoms with Gasteiger partial charge in [0.25, 0.3) is 0 Å². The second-order valence-electron chi connectivity index (χ2n) is 4.74. The Morgan fingerprint density at radius 3 is 2.42 bits per heavy atom. The molecule has 0 radical (unpaired) electrons. The number of benzene rings is 2. The van der Waals surface area contributed by atoms with E-state index in [1.165, 1.54) is 19.2 Å². The molecule has 8 heteroatoms. The Kier molecular flexibility index (Phi) is 5.10. The number of ether oxygens (including phenoxy) is 1. The molecule has 24 heavy (non-hydrogen) atoms. The van der Waals surface area contributed by atoms with Crippen LogP contribution < -0.4 is 17.2 Å². The van der Waals surface area contributed by atoms with Crippen LogP contribution in [0.25, 0.3) is 11.1 Å². The standard InChI is InChI=1S/C16H16FN5O2/c1-24-14(23)12-6-5-10(8-13(12)17)9-3-2-4-11(7-9)21-16(20)22-15(18)19/h2-8H,1H3,(H6,18,19,20,21,22). The fraction of sp³-hybridized carbons (Fsp3) is 0.0625. The second-order valence-corrected chi connectivity index (χ2v) is 4.74. The maximum Gasteiger partial charge on any atom is 0.340 e. The number of esters is 1. The lowest BCUT2D eigenvalue weighted by molar-refractivity contribution is 0.0595. The Hall–Kier alpha value is -3.42. The van der Waals surface area contributed by atoms with Crippen molar-refractivity contribution in [2.24, 2.45) is 27.2 Å². The number of methoxy groups -OCH3 is 1. The Labute approximate surface area is 137 Å². The molecule has 0 aliphatic carbocycles. The molecule has 0 fully saturated rings. The van der Waals surface area contributed by atoms with E-state index in [0.717, 1.165) is 0 Å². The third kappa shape index (κ3) is 4.07. The van der Waals surface area contributed by atoms with E-state index in [4.69, 9.17) is 17.2 Å². The maximum atomic E-state index is 14.0. The number of hydrogen-bond donors (Lipinski definition) is 3. The minimum Gasteiger partial charge on any atom is -0.465 e. The molecular weight excluding hydrogens is 313 g/mol. The van der Waals surface area contributed by atoms with E-state index in [1.807, 2.05) is 0 Å². The van der Waals surface area contributed by atoms with Crippen molar-refractivity contribution in [2.45, 2.75) is 0 Å². The molecule has 7 nitrogen and oxygen atoms in total.